The Morgan fingerprint density at radius 1 is 0.909 bits per heavy atom. The molecule has 230 valence electrons. The van der Waals surface area contributed by atoms with Crippen LogP contribution in [0.2, 0.25) is 10.0 Å². The van der Waals surface area contributed by atoms with Gasteiger partial charge in [-0.25, -0.2) is 13.8 Å². The van der Waals surface area contributed by atoms with Crippen LogP contribution in [0.4, 0.5) is 5.69 Å². The summed E-state index contributed by atoms with van der Waals surface area (Å²) in [4.78, 5) is 24.7. The molecule has 1 heterocycles. The Balaban J connectivity index is 1.45. The number of benzene rings is 3. The van der Waals surface area contributed by atoms with E-state index >= 15 is 0 Å². The predicted molar refractivity (Wildman–Crippen MR) is 167 cm³/mol. The molecule has 14 heteroatoms. The molecule has 0 radical (unpaired) electrons. The molecule has 4 rings (SSSR count). The molecule has 0 saturated carbocycles. The van der Waals surface area contributed by atoms with Crippen molar-refractivity contribution >= 4 is 56.9 Å². The number of sulfonamides is 1. The van der Waals surface area contributed by atoms with Gasteiger partial charge in [-0.15, -0.1) is 0 Å². The predicted octanol–water partition coefficient (Wildman–Crippen LogP) is 5.39. The molecule has 0 saturated heterocycles. The summed E-state index contributed by atoms with van der Waals surface area (Å²) in [6.07, 6.45) is 1.18. The molecule has 0 atom stereocenters. The first kappa shape index (κ1) is 32.6. The quantitative estimate of drug-likeness (QED) is 0.125. The van der Waals surface area contributed by atoms with Gasteiger partial charge in [0.05, 0.1) is 47.6 Å². The number of furan rings is 1. The summed E-state index contributed by atoms with van der Waals surface area (Å²) in [7, 11) is -1.05. The van der Waals surface area contributed by atoms with Gasteiger partial charge in [-0.3, -0.25) is 9.59 Å². The third kappa shape index (κ3) is 8.17. The zero-order chi connectivity index (χ0) is 31.9. The second-order valence-corrected chi connectivity index (χ2v) is 12.1. The number of carbonyl (C=O) groups excluding carboxylic acids is 2. The molecular weight excluding hydrogens is 631 g/mol. The molecular formula is C30H28Cl2N4O7S. The molecule has 2 N–H and O–H groups in total. The van der Waals surface area contributed by atoms with Crippen molar-refractivity contribution in [1.82, 2.24) is 9.73 Å². The van der Waals surface area contributed by atoms with Crippen LogP contribution >= 0.6 is 23.2 Å². The van der Waals surface area contributed by atoms with E-state index in [-0.39, 0.29) is 29.4 Å². The van der Waals surface area contributed by atoms with Crippen molar-refractivity contribution in [1.29, 1.82) is 0 Å². The molecule has 3 aromatic carbocycles. The van der Waals surface area contributed by atoms with Gasteiger partial charge in [-0.1, -0.05) is 47.0 Å². The van der Waals surface area contributed by atoms with Crippen LogP contribution < -0.4 is 20.2 Å². The monoisotopic (exact) mass is 658 g/mol. The maximum Gasteiger partial charge on any atom is 0.329 e. The molecule has 0 unspecified atom stereocenters. The highest BCUT2D eigenvalue weighted by atomic mass is 35.5. The third-order valence-electron chi connectivity index (χ3n) is 6.24. The first-order chi connectivity index (χ1) is 21.0. The number of carbonyl (C=O) groups is 2. The Kier molecular flexibility index (Phi) is 10.7. The molecule has 11 nitrogen and oxygen atoms in total. The van der Waals surface area contributed by atoms with E-state index in [9.17, 15) is 18.0 Å². The van der Waals surface area contributed by atoms with E-state index in [1.807, 2.05) is 6.92 Å². The standard InChI is InChI=1S/C30H28Cl2N4O7S/c1-19-4-10-24(11-5-19)44(39,40)36(17-20-6-12-25(31)26(32)14-20)18-23-8-7-22(43-23)16-33-35-30(38)29(37)34-27-13-9-21(41-2)15-28(27)42-3/h4-16H,17-18H2,1-3H3,(H,34,37)(H,35,38)/b33-16+. The van der Waals surface area contributed by atoms with Crippen LogP contribution in [-0.4, -0.2) is 45.0 Å². The number of nitrogens with one attached hydrogen (secondary N) is 2. The number of methoxy groups -OCH3 is 2. The average Bonchev–Trinajstić information content (AvgIpc) is 3.46. The second-order valence-electron chi connectivity index (χ2n) is 9.36. The summed E-state index contributed by atoms with van der Waals surface area (Å²) in [5, 5.41) is 6.85. The van der Waals surface area contributed by atoms with E-state index in [2.05, 4.69) is 15.8 Å². The minimum Gasteiger partial charge on any atom is -0.497 e. The number of hydrazone groups is 1. The molecule has 2 amide bonds. The number of ether oxygens (including phenoxy) is 2. The SMILES string of the molecule is COc1ccc(NC(=O)C(=O)N/N=C/c2ccc(CN(Cc3ccc(Cl)c(Cl)c3)S(=O)(=O)c3ccc(C)cc3)o2)c(OC)c1. The third-order valence-corrected chi connectivity index (χ3v) is 8.78. The smallest absolute Gasteiger partial charge is 0.329 e. The van der Waals surface area contributed by atoms with Gasteiger partial charge in [0.15, 0.2) is 0 Å². The fourth-order valence-electron chi connectivity index (χ4n) is 3.94. The van der Waals surface area contributed by atoms with Crippen LogP contribution in [-0.2, 0) is 32.7 Å². The van der Waals surface area contributed by atoms with Crippen LogP contribution in [0, 0.1) is 6.92 Å². The minimum absolute atomic E-state index is 0.0125. The van der Waals surface area contributed by atoms with Gasteiger partial charge < -0.3 is 19.2 Å². The molecule has 44 heavy (non-hydrogen) atoms. The van der Waals surface area contributed by atoms with Crippen molar-refractivity contribution in [3.63, 3.8) is 0 Å². The zero-order valence-corrected chi connectivity index (χ0v) is 26.2. The van der Waals surface area contributed by atoms with E-state index in [0.717, 1.165) is 5.56 Å². The lowest BCUT2D eigenvalue weighted by atomic mass is 10.2. The van der Waals surface area contributed by atoms with Crippen LogP contribution in [0.3, 0.4) is 0 Å². The molecule has 0 fully saturated rings. The summed E-state index contributed by atoms with van der Waals surface area (Å²) in [6, 6.07) is 19.2. The maximum absolute atomic E-state index is 13.6. The average molecular weight is 660 g/mol. The normalized spacial score (nSPS) is 11.5. The van der Waals surface area contributed by atoms with E-state index in [1.54, 1.807) is 54.6 Å². The van der Waals surface area contributed by atoms with Crippen LogP contribution in [0.15, 0.2) is 87.2 Å². The summed E-state index contributed by atoms with van der Waals surface area (Å²) in [5.41, 5.74) is 3.92. The maximum atomic E-state index is 13.6. The topological polar surface area (TPSA) is 140 Å². The Morgan fingerprint density at radius 3 is 2.34 bits per heavy atom. The number of halogens is 2. The highest BCUT2D eigenvalue weighted by molar-refractivity contribution is 7.89. The summed E-state index contributed by atoms with van der Waals surface area (Å²) < 4.78 is 44.6. The highest BCUT2D eigenvalue weighted by Gasteiger charge is 2.26. The van der Waals surface area contributed by atoms with Gasteiger partial charge in [0.2, 0.25) is 10.0 Å². The van der Waals surface area contributed by atoms with Crippen molar-refractivity contribution in [3.05, 3.63) is 105 Å². The molecule has 0 spiro atoms. The number of hydrogen-bond acceptors (Lipinski definition) is 8. The summed E-state index contributed by atoms with van der Waals surface area (Å²) in [6.45, 7) is 1.73. The first-order valence-electron chi connectivity index (χ1n) is 13.0. The lowest BCUT2D eigenvalue weighted by molar-refractivity contribution is -0.136. The largest absolute Gasteiger partial charge is 0.497 e. The van der Waals surface area contributed by atoms with E-state index in [4.69, 9.17) is 37.1 Å². The summed E-state index contributed by atoms with van der Waals surface area (Å²) in [5.74, 6) is -0.697. The Labute approximate surface area is 264 Å². The lowest BCUT2D eigenvalue weighted by Gasteiger charge is -2.22. The minimum atomic E-state index is -3.95. The zero-order valence-electron chi connectivity index (χ0n) is 23.8. The number of rotatable bonds is 11. The van der Waals surface area contributed by atoms with Crippen molar-refractivity contribution in [2.24, 2.45) is 5.10 Å². The Morgan fingerprint density at radius 2 is 1.66 bits per heavy atom. The molecule has 0 aliphatic rings. The van der Waals surface area contributed by atoms with Crippen LogP contribution in [0.5, 0.6) is 11.5 Å². The number of amides is 2. The molecule has 0 bridgehead atoms. The fraction of sp³-hybridized carbons (Fsp3) is 0.167. The van der Waals surface area contributed by atoms with E-state index in [0.29, 0.717) is 32.9 Å². The van der Waals surface area contributed by atoms with Crippen molar-refractivity contribution < 1.29 is 31.9 Å². The van der Waals surface area contributed by atoms with Gasteiger partial charge in [0.1, 0.15) is 23.0 Å². The van der Waals surface area contributed by atoms with Crippen molar-refractivity contribution in [2.45, 2.75) is 24.9 Å². The number of anilines is 1. The van der Waals surface area contributed by atoms with Gasteiger partial charge in [-0.05, 0) is 61.0 Å². The second kappa shape index (κ2) is 14.4. The van der Waals surface area contributed by atoms with Gasteiger partial charge >= 0.3 is 11.8 Å². The van der Waals surface area contributed by atoms with E-state index in [1.165, 1.54) is 42.9 Å². The van der Waals surface area contributed by atoms with Gasteiger partial charge in [0.25, 0.3) is 0 Å². The molecule has 4 aromatic rings. The van der Waals surface area contributed by atoms with E-state index < -0.39 is 21.8 Å². The molecule has 0 aliphatic carbocycles. The number of aryl methyl sites for hydroxylation is 1. The highest BCUT2D eigenvalue weighted by Crippen LogP contribution is 2.29. The number of hydrogen-bond donors (Lipinski definition) is 2. The first-order valence-corrected chi connectivity index (χ1v) is 15.2. The number of nitrogens with zero attached hydrogens (tertiary/aromatic N) is 2. The van der Waals surface area contributed by atoms with Crippen LogP contribution in [0.1, 0.15) is 22.6 Å². The fourth-order valence-corrected chi connectivity index (χ4v) is 5.65. The van der Waals surface area contributed by atoms with Gasteiger partial charge in [0, 0.05) is 12.6 Å². The van der Waals surface area contributed by atoms with Gasteiger partial charge in [-0.2, -0.15) is 9.41 Å². The Hall–Kier alpha value is -4.36. The summed E-state index contributed by atoms with van der Waals surface area (Å²) >= 11 is 12.2. The van der Waals surface area contributed by atoms with Crippen molar-refractivity contribution in [3.8, 4) is 11.5 Å². The Bertz CT molecular complexity index is 1790. The van der Waals surface area contributed by atoms with Crippen LogP contribution in [0.25, 0.3) is 0 Å². The molecule has 1 aromatic heterocycles. The lowest BCUT2D eigenvalue weighted by Crippen LogP contribution is -2.32. The molecule has 0 aliphatic heterocycles. The van der Waals surface area contributed by atoms with Crippen molar-refractivity contribution in [2.75, 3.05) is 19.5 Å².